The van der Waals surface area contributed by atoms with Gasteiger partial charge in [-0.05, 0) is 37.8 Å². The summed E-state index contributed by atoms with van der Waals surface area (Å²) in [4.78, 5) is 19.6. The highest BCUT2D eigenvalue weighted by atomic mass is 16.2. The Morgan fingerprint density at radius 2 is 2.00 bits per heavy atom. The normalized spacial score (nSPS) is 22.0. The minimum absolute atomic E-state index is 0.0906. The van der Waals surface area contributed by atoms with Crippen molar-refractivity contribution in [3.8, 4) is 0 Å². The van der Waals surface area contributed by atoms with Crippen molar-refractivity contribution >= 4 is 5.91 Å². The van der Waals surface area contributed by atoms with Gasteiger partial charge in [0.15, 0.2) is 0 Å². The zero-order chi connectivity index (χ0) is 16.4. The quantitative estimate of drug-likeness (QED) is 0.933. The number of aromatic nitrogens is 3. The largest absolute Gasteiger partial charge is 0.330 e. The van der Waals surface area contributed by atoms with Crippen LogP contribution in [0.4, 0.5) is 0 Å². The van der Waals surface area contributed by atoms with E-state index in [9.17, 15) is 4.79 Å². The summed E-state index contributed by atoms with van der Waals surface area (Å²) >= 11 is 0. The van der Waals surface area contributed by atoms with Crippen molar-refractivity contribution in [2.24, 2.45) is 0 Å². The monoisotopic (exact) mass is 324 g/mol. The van der Waals surface area contributed by atoms with Crippen LogP contribution in [0.3, 0.4) is 0 Å². The predicted molar refractivity (Wildman–Crippen MR) is 91.7 cm³/mol. The molecule has 1 saturated heterocycles. The molecule has 1 aliphatic carbocycles. The van der Waals surface area contributed by atoms with Gasteiger partial charge in [0.2, 0.25) is 0 Å². The van der Waals surface area contributed by atoms with E-state index < -0.39 is 0 Å². The van der Waals surface area contributed by atoms with Crippen molar-refractivity contribution in [2.75, 3.05) is 6.54 Å². The molecular formula is C19H24N4O. The fourth-order valence-electron chi connectivity index (χ4n) is 4.21. The number of nitrogens with one attached hydrogen (secondary N) is 1. The average Bonchev–Trinajstić information content (AvgIpc) is 3.32. The summed E-state index contributed by atoms with van der Waals surface area (Å²) in [5, 5.41) is 7.32. The number of hydrogen-bond donors (Lipinski definition) is 1. The molecule has 1 N–H and O–H groups in total. The van der Waals surface area contributed by atoms with Crippen LogP contribution in [-0.4, -0.2) is 32.5 Å². The van der Waals surface area contributed by atoms with E-state index in [1.54, 1.807) is 6.20 Å². The third-order valence-electron chi connectivity index (χ3n) is 5.46. The van der Waals surface area contributed by atoms with Crippen molar-refractivity contribution in [1.29, 1.82) is 0 Å². The Labute approximate surface area is 142 Å². The molecule has 2 aliphatic rings. The van der Waals surface area contributed by atoms with Gasteiger partial charge in [0.25, 0.3) is 5.91 Å². The van der Waals surface area contributed by atoms with Crippen molar-refractivity contribution < 1.29 is 4.79 Å². The number of hydrogen-bond acceptors (Lipinski definition) is 3. The minimum Gasteiger partial charge on any atom is -0.330 e. The number of aromatic amines is 1. The first kappa shape index (κ1) is 15.4. The van der Waals surface area contributed by atoms with E-state index in [0.717, 1.165) is 49.2 Å². The number of carbonyl (C=O) groups excluding carboxylic acids is 1. The van der Waals surface area contributed by atoms with Gasteiger partial charge < -0.3 is 4.90 Å². The summed E-state index contributed by atoms with van der Waals surface area (Å²) in [6.45, 7) is 0.801. The fraction of sp³-hybridized carbons (Fsp3) is 0.526. The van der Waals surface area contributed by atoms with Crippen LogP contribution < -0.4 is 0 Å². The molecule has 24 heavy (non-hydrogen) atoms. The summed E-state index contributed by atoms with van der Waals surface area (Å²) in [5.41, 5.74) is 2.81. The lowest BCUT2D eigenvalue weighted by atomic mass is 9.85. The lowest BCUT2D eigenvalue weighted by Crippen LogP contribution is -2.31. The van der Waals surface area contributed by atoms with E-state index in [-0.39, 0.29) is 11.9 Å². The average molecular weight is 324 g/mol. The highest BCUT2D eigenvalue weighted by Gasteiger charge is 2.34. The molecule has 2 aromatic heterocycles. The second-order valence-electron chi connectivity index (χ2n) is 6.94. The number of pyridine rings is 1. The molecule has 5 heteroatoms. The molecule has 0 spiro atoms. The Balaban J connectivity index is 1.58. The van der Waals surface area contributed by atoms with E-state index in [4.69, 9.17) is 0 Å². The van der Waals surface area contributed by atoms with Gasteiger partial charge in [-0.15, -0.1) is 0 Å². The number of rotatable bonds is 3. The Hall–Kier alpha value is -2.17. The summed E-state index contributed by atoms with van der Waals surface area (Å²) in [5.74, 6) is 0.563. The molecule has 0 bridgehead atoms. The van der Waals surface area contributed by atoms with E-state index in [2.05, 4.69) is 15.2 Å². The molecular weight excluding hydrogens is 300 g/mol. The van der Waals surface area contributed by atoms with Gasteiger partial charge in [-0.3, -0.25) is 14.9 Å². The molecule has 0 aromatic carbocycles. The van der Waals surface area contributed by atoms with Crippen molar-refractivity contribution in [3.63, 3.8) is 0 Å². The van der Waals surface area contributed by atoms with Crippen LogP contribution in [0.15, 0.2) is 30.6 Å². The molecule has 5 nitrogen and oxygen atoms in total. The Morgan fingerprint density at radius 1 is 1.12 bits per heavy atom. The maximum Gasteiger partial charge on any atom is 0.257 e. The number of nitrogens with zero attached hydrogens (tertiary/aromatic N) is 3. The Morgan fingerprint density at radius 3 is 2.79 bits per heavy atom. The molecule has 4 rings (SSSR count). The lowest BCUT2D eigenvalue weighted by molar-refractivity contribution is 0.0731. The maximum atomic E-state index is 13.2. The molecule has 1 atom stereocenters. The molecule has 3 heterocycles. The van der Waals surface area contributed by atoms with Crippen LogP contribution in [0.2, 0.25) is 0 Å². The first-order valence-electron chi connectivity index (χ1n) is 9.10. The second-order valence-corrected chi connectivity index (χ2v) is 6.94. The molecule has 0 radical (unpaired) electrons. The Bertz CT molecular complexity index is 690. The number of amides is 1. The van der Waals surface area contributed by atoms with Crippen LogP contribution in [0.1, 0.15) is 78.7 Å². The smallest absolute Gasteiger partial charge is 0.257 e. The molecule has 1 aliphatic heterocycles. The molecule has 2 aromatic rings. The lowest BCUT2D eigenvalue weighted by Gasteiger charge is -2.26. The minimum atomic E-state index is 0.0906. The van der Waals surface area contributed by atoms with Gasteiger partial charge in [0.1, 0.15) is 0 Å². The van der Waals surface area contributed by atoms with E-state index in [1.807, 2.05) is 29.3 Å². The molecule has 1 unspecified atom stereocenters. The van der Waals surface area contributed by atoms with Gasteiger partial charge in [0, 0.05) is 18.7 Å². The zero-order valence-electron chi connectivity index (χ0n) is 13.9. The van der Waals surface area contributed by atoms with Gasteiger partial charge in [0.05, 0.1) is 29.2 Å². The van der Waals surface area contributed by atoms with Crippen LogP contribution in [-0.2, 0) is 0 Å². The van der Waals surface area contributed by atoms with E-state index >= 15 is 0 Å². The number of carbonyl (C=O) groups is 1. The molecule has 1 amide bonds. The van der Waals surface area contributed by atoms with Gasteiger partial charge >= 0.3 is 0 Å². The third kappa shape index (κ3) is 2.83. The highest BCUT2D eigenvalue weighted by molar-refractivity contribution is 5.95. The van der Waals surface area contributed by atoms with Crippen LogP contribution in [0, 0.1) is 0 Å². The van der Waals surface area contributed by atoms with Crippen LogP contribution in [0.25, 0.3) is 0 Å². The van der Waals surface area contributed by atoms with Crippen molar-refractivity contribution in [3.05, 3.63) is 47.5 Å². The van der Waals surface area contributed by atoms with Crippen molar-refractivity contribution in [2.45, 2.75) is 56.9 Å². The fourth-order valence-corrected chi connectivity index (χ4v) is 4.21. The van der Waals surface area contributed by atoms with Gasteiger partial charge in [-0.1, -0.05) is 25.3 Å². The first-order valence-corrected chi connectivity index (χ1v) is 9.10. The van der Waals surface area contributed by atoms with Crippen LogP contribution >= 0.6 is 0 Å². The third-order valence-corrected chi connectivity index (χ3v) is 5.46. The topological polar surface area (TPSA) is 61.9 Å². The number of likely N-dealkylation sites (tertiary alicyclic amines) is 1. The highest BCUT2D eigenvalue weighted by Crippen LogP contribution is 2.36. The van der Waals surface area contributed by atoms with Crippen LogP contribution in [0.5, 0.6) is 0 Å². The summed E-state index contributed by atoms with van der Waals surface area (Å²) in [6.07, 6.45) is 11.7. The molecule has 126 valence electrons. The van der Waals surface area contributed by atoms with E-state index in [1.165, 1.54) is 19.3 Å². The summed E-state index contributed by atoms with van der Waals surface area (Å²) < 4.78 is 0. The van der Waals surface area contributed by atoms with Gasteiger partial charge in [-0.25, -0.2) is 0 Å². The second kappa shape index (κ2) is 6.75. The SMILES string of the molecule is O=C(c1cn[nH]c1C1CCCCC1)N1CCCC1c1ccccn1. The summed E-state index contributed by atoms with van der Waals surface area (Å²) in [7, 11) is 0. The van der Waals surface area contributed by atoms with E-state index in [0.29, 0.717) is 5.92 Å². The summed E-state index contributed by atoms with van der Waals surface area (Å²) in [6, 6.07) is 6.03. The van der Waals surface area contributed by atoms with Crippen molar-refractivity contribution in [1.82, 2.24) is 20.1 Å². The van der Waals surface area contributed by atoms with Gasteiger partial charge in [-0.2, -0.15) is 5.10 Å². The molecule has 2 fully saturated rings. The number of H-pyrrole nitrogens is 1. The Kier molecular flexibility index (Phi) is 4.32. The molecule has 1 saturated carbocycles. The first-order chi connectivity index (χ1) is 11.8. The maximum absolute atomic E-state index is 13.2. The predicted octanol–water partition coefficient (Wildman–Crippen LogP) is 3.83. The standard InChI is InChI=1S/C19H24N4O/c24-19(15-13-21-22-18(15)14-7-2-1-3-8-14)23-12-6-10-17(23)16-9-4-5-11-20-16/h4-5,9,11,13-14,17H,1-3,6-8,10,12H2,(H,21,22). The zero-order valence-corrected chi connectivity index (χ0v) is 13.9.